The van der Waals surface area contributed by atoms with Crippen LogP contribution in [0.4, 0.5) is 5.69 Å². The lowest BCUT2D eigenvalue weighted by atomic mass is 9.84. The molecule has 0 unspecified atom stereocenters. The molecule has 116 valence electrons. The van der Waals surface area contributed by atoms with Gasteiger partial charge in [0, 0.05) is 16.9 Å². The SMILES string of the molecule is CSC1(CNS(=O)(=O)c2ccc(C(N)=O)cc2N)CCC1. The molecule has 0 bridgehead atoms. The van der Waals surface area contributed by atoms with Crippen LogP contribution >= 0.6 is 11.8 Å². The summed E-state index contributed by atoms with van der Waals surface area (Å²) in [4.78, 5) is 11.0. The monoisotopic (exact) mass is 329 g/mol. The fourth-order valence-electron chi connectivity index (χ4n) is 2.27. The second kappa shape index (κ2) is 5.86. The number of rotatable bonds is 6. The van der Waals surface area contributed by atoms with E-state index in [2.05, 4.69) is 4.72 Å². The van der Waals surface area contributed by atoms with Crippen molar-refractivity contribution in [2.24, 2.45) is 5.73 Å². The molecule has 1 aliphatic rings. The molecule has 1 aliphatic carbocycles. The van der Waals surface area contributed by atoms with Crippen LogP contribution in [0.2, 0.25) is 0 Å². The average Bonchev–Trinajstić information content (AvgIpc) is 2.37. The van der Waals surface area contributed by atoms with Crippen molar-refractivity contribution in [2.45, 2.75) is 28.9 Å². The van der Waals surface area contributed by atoms with Crippen LogP contribution in [0.3, 0.4) is 0 Å². The van der Waals surface area contributed by atoms with Crippen LogP contribution in [0.25, 0.3) is 0 Å². The van der Waals surface area contributed by atoms with Crippen molar-refractivity contribution in [2.75, 3.05) is 18.5 Å². The third-order valence-electron chi connectivity index (χ3n) is 3.87. The lowest BCUT2D eigenvalue weighted by molar-refractivity contribution is 0.1000. The molecule has 0 heterocycles. The fraction of sp³-hybridized carbons (Fsp3) is 0.462. The first-order valence-corrected chi connectivity index (χ1v) is 9.25. The number of anilines is 1. The minimum atomic E-state index is -3.69. The van der Waals surface area contributed by atoms with Gasteiger partial charge in [0.15, 0.2) is 0 Å². The maximum atomic E-state index is 12.3. The summed E-state index contributed by atoms with van der Waals surface area (Å²) in [5.74, 6) is -0.644. The summed E-state index contributed by atoms with van der Waals surface area (Å²) in [6, 6.07) is 3.95. The second-order valence-electron chi connectivity index (χ2n) is 5.18. The molecule has 21 heavy (non-hydrogen) atoms. The molecule has 0 aromatic heterocycles. The highest BCUT2D eigenvalue weighted by Gasteiger charge is 2.37. The molecule has 0 spiro atoms. The number of sulfonamides is 1. The number of nitrogens with two attached hydrogens (primary N) is 2. The first-order chi connectivity index (χ1) is 9.80. The standard InChI is InChI=1S/C13H19N3O3S2/c1-20-13(5-2-6-13)8-16-21(18,19)11-4-3-9(12(15)17)7-10(11)14/h3-4,7,16H,2,5-6,8,14H2,1H3,(H2,15,17). The first kappa shape index (κ1) is 16.1. The predicted molar refractivity (Wildman–Crippen MR) is 84.7 cm³/mol. The van der Waals surface area contributed by atoms with Crippen LogP contribution in [0, 0.1) is 0 Å². The molecule has 8 heteroatoms. The van der Waals surface area contributed by atoms with Crippen molar-refractivity contribution < 1.29 is 13.2 Å². The molecular formula is C13H19N3O3S2. The van der Waals surface area contributed by atoms with Gasteiger partial charge in [-0.25, -0.2) is 13.1 Å². The van der Waals surface area contributed by atoms with E-state index < -0.39 is 15.9 Å². The molecule has 1 amide bonds. The van der Waals surface area contributed by atoms with E-state index in [9.17, 15) is 13.2 Å². The van der Waals surface area contributed by atoms with Gasteiger partial charge in [-0.3, -0.25) is 4.79 Å². The van der Waals surface area contributed by atoms with Gasteiger partial charge in [0.1, 0.15) is 4.90 Å². The zero-order valence-electron chi connectivity index (χ0n) is 11.8. The van der Waals surface area contributed by atoms with E-state index in [0.29, 0.717) is 6.54 Å². The van der Waals surface area contributed by atoms with Crippen molar-refractivity contribution in [3.05, 3.63) is 23.8 Å². The number of nitrogen functional groups attached to an aromatic ring is 1. The Morgan fingerprint density at radius 2 is 2.10 bits per heavy atom. The molecule has 5 N–H and O–H groups in total. The maximum Gasteiger partial charge on any atom is 0.248 e. The van der Waals surface area contributed by atoms with E-state index in [1.54, 1.807) is 11.8 Å². The van der Waals surface area contributed by atoms with Crippen molar-refractivity contribution in [1.29, 1.82) is 0 Å². The number of hydrogen-bond donors (Lipinski definition) is 3. The van der Waals surface area contributed by atoms with Crippen molar-refractivity contribution in [1.82, 2.24) is 4.72 Å². The summed E-state index contributed by atoms with van der Waals surface area (Å²) in [5, 5.41) is 0. The quantitative estimate of drug-likeness (QED) is 0.672. The summed E-state index contributed by atoms with van der Waals surface area (Å²) in [7, 11) is -3.69. The lowest BCUT2D eigenvalue weighted by Crippen LogP contribution is -2.45. The van der Waals surface area contributed by atoms with Gasteiger partial charge in [-0.15, -0.1) is 0 Å². The number of thioether (sulfide) groups is 1. The molecular weight excluding hydrogens is 310 g/mol. The number of hydrogen-bond acceptors (Lipinski definition) is 5. The van der Waals surface area contributed by atoms with E-state index in [1.165, 1.54) is 18.2 Å². The number of benzene rings is 1. The Kier molecular flexibility index (Phi) is 4.50. The van der Waals surface area contributed by atoms with Crippen molar-refractivity contribution >= 4 is 33.4 Å². The molecule has 1 aromatic rings. The molecule has 1 aromatic carbocycles. The minimum absolute atomic E-state index is 0.00496. The molecule has 0 aliphatic heterocycles. The number of amides is 1. The number of carbonyl (C=O) groups excluding carboxylic acids is 1. The van der Waals surface area contributed by atoms with E-state index in [4.69, 9.17) is 11.5 Å². The van der Waals surface area contributed by atoms with Gasteiger partial charge in [-0.2, -0.15) is 11.8 Å². The van der Waals surface area contributed by atoms with Crippen molar-refractivity contribution in [3.63, 3.8) is 0 Å². The third-order valence-corrected chi connectivity index (χ3v) is 6.76. The Balaban J connectivity index is 2.18. The molecule has 6 nitrogen and oxygen atoms in total. The summed E-state index contributed by atoms with van der Waals surface area (Å²) >= 11 is 1.69. The molecule has 0 atom stereocenters. The van der Waals surface area contributed by atoms with Crippen LogP contribution < -0.4 is 16.2 Å². The Hall–Kier alpha value is -1.25. The second-order valence-corrected chi connectivity index (χ2v) is 8.19. The minimum Gasteiger partial charge on any atom is -0.398 e. The smallest absolute Gasteiger partial charge is 0.248 e. The highest BCUT2D eigenvalue weighted by molar-refractivity contribution is 8.00. The van der Waals surface area contributed by atoms with Gasteiger partial charge in [-0.1, -0.05) is 6.42 Å². The van der Waals surface area contributed by atoms with E-state index in [-0.39, 0.29) is 20.9 Å². The van der Waals surface area contributed by atoms with Gasteiger partial charge in [0.2, 0.25) is 15.9 Å². The third kappa shape index (κ3) is 3.33. The first-order valence-electron chi connectivity index (χ1n) is 6.54. The van der Waals surface area contributed by atoms with E-state index >= 15 is 0 Å². The van der Waals surface area contributed by atoms with Crippen LogP contribution in [0.15, 0.2) is 23.1 Å². The number of primary amides is 1. The fourth-order valence-corrected chi connectivity index (χ4v) is 4.52. The largest absolute Gasteiger partial charge is 0.398 e. The Bertz CT molecular complexity index is 649. The summed E-state index contributed by atoms with van der Waals surface area (Å²) in [6.45, 7) is 0.382. The zero-order chi connectivity index (χ0) is 15.7. The van der Waals surface area contributed by atoms with E-state index in [1.807, 2.05) is 6.26 Å². The average molecular weight is 329 g/mol. The molecule has 0 radical (unpaired) electrons. The van der Waals surface area contributed by atoms with Gasteiger partial charge < -0.3 is 11.5 Å². The Morgan fingerprint density at radius 1 is 1.43 bits per heavy atom. The summed E-state index contributed by atoms with van der Waals surface area (Å²) < 4.78 is 27.2. The lowest BCUT2D eigenvalue weighted by Gasteiger charge is -2.40. The highest BCUT2D eigenvalue weighted by atomic mass is 32.2. The van der Waals surface area contributed by atoms with Gasteiger partial charge in [-0.05, 0) is 37.3 Å². The van der Waals surface area contributed by atoms with Crippen LogP contribution in [0.1, 0.15) is 29.6 Å². The van der Waals surface area contributed by atoms with Gasteiger partial charge in [0.25, 0.3) is 0 Å². The molecule has 2 rings (SSSR count). The Morgan fingerprint density at radius 3 is 2.52 bits per heavy atom. The summed E-state index contributed by atoms with van der Waals surface area (Å²) in [5.41, 5.74) is 11.1. The number of nitrogens with one attached hydrogen (secondary N) is 1. The molecule has 0 saturated heterocycles. The Labute approximate surface area is 128 Å². The maximum absolute atomic E-state index is 12.3. The van der Waals surface area contributed by atoms with Gasteiger partial charge >= 0.3 is 0 Å². The van der Waals surface area contributed by atoms with Gasteiger partial charge in [0.05, 0.1) is 5.69 Å². The number of carbonyl (C=O) groups is 1. The van der Waals surface area contributed by atoms with Crippen molar-refractivity contribution in [3.8, 4) is 0 Å². The van der Waals surface area contributed by atoms with Crippen LogP contribution in [-0.2, 0) is 10.0 Å². The highest BCUT2D eigenvalue weighted by Crippen LogP contribution is 2.42. The van der Waals surface area contributed by atoms with E-state index in [0.717, 1.165) is 19.3 Å². The molecule has 1 fully saturated rings. The zero-order valence-corrected chi connectivity index (χ0v) is 13.4. The normalized spacial score (nSPS) is 17.2. The van der Waals surface area contributed by atoms with Crippen LogP contribution in [0.5, 0.6) is 0 Å². The molecule has 1 saturated carbocycles. The summed E-state index contributed by atoms with van der Waals surface area (Å²) in [6.07, 6.45) is 5.13. The van der Waals surface area contributed by atoms with Crippen LogP contribution in [-0.4, -0.2) is 31.9 Å². The predicted octanol–water partition coefficient (Wildman–Crippen LogP) is 0.932. The topological polar surface area (TPSA) is 115 Å².